The molecule has 0 saturated heterocycles. The molecule has 1 aromatic heterocycles. The molecule has 1 unspecified atom stereocenters. The molecule has 1 aliphatic carbocycles. The number of rotatable bonds is 3. The summed E-state index contributed by atoms with van der Waals surface area (Å²) in [5, 5.41) is 13.9. The molecule has 0 bridgehead atoms. The lowest BCUT2D eigenvalue weighted by atomic mass is 9.80. The molecule has 0 aliphatic heterocycles. The minimum Gasteiger partial charge on any atom is -0.250 e. The Labute approximate surface area is 112 Å². The predicted octanol–water partition coefficient (Wildman–Crippen LogP) is 2.25. The third-order valence-corrected chi connectivity index (χ3v) is 4.02. The van der Waals surface area contributed by atoms with E-state index in [0.717, 1.165) is 25.2 Å². The summed E-state index contributed by atoms with van der Waals surface area (Å²) in [5.74, 6) is 0.903. The summed E-state index contributed by atoms with van der Waals surface area (Å²) in [5.41, 5.74) is 2.03. The number of hydrogen-bond acceptors (Lipinski definition) is 3. The lowest BCUT2D eigenvalue weighted by Crippen LogP contribution is -2.26. The average molecular weight is 252 g/mol. The van der Waals surface area contributed by atoms with Gasteiger partial charge in [0.1, 0.15) is 12.2 Å². The average Bonchev–Trinajstić information content (AvgIpc) is 3.05. The van der Waals surface area contributed by atoms with E-state index in [1.54, 1.807) is 6.33 Å². The topological polar surface area (TPSA) is 54.5 Å². The number of benzene rings is 1. The van der Waals surface area contributed by atoms with E-state index in [0.29, 0.717) is 6.42 Å². The van der Waals surface area contributed by atoms with Gasteiger partial charge in [0.25, 0.3) is 0 Å². The lowest BCUT2D eigenvalue weighted by molar-refractivity contribution is 0.496. The van der Waals surface area contributed by atoms with Gasteiger partial charge in [0, 0.05) is 13.0 Å². The highest BCUT2D eigenvalue weighted by Gasteiger charge is 2.40. The van der Waals surface area contributed by atoms with E-state index >= 15 is 0 Å². The number of nitrogens with zero attached hydrogens (tertiary/aromatic N) is 4. The summed E-state index contributed by atoms with van der Waals surface area (Å²) in [4.78, 5) is 4.32. The van der Waals surface area contributed by atoms with Gasteiger partial charge in [-0.05, 0) is 30.9 Å². The standard InChI is InChI=1S/C15H16N4/c1-2-19-14(17-11-18-19)9-15(10-16)8-7-12-5-3-4-6-13(12)15/h3-6,11H,2,7-9H2,1H3. The summed E-state index contributed by atoms with van der Waals surface area (Å²) in [6.07, 6.45) is 4.07. The Morgan fingerprint density at radius 1 is 1.42 bits per heavy atom. The third-order valence-electron chi connectivity index (χ3n) is 4.02. The maximum absolute atomic E-state index is 9.72. The molecule has 1 heterocycles. The summed E-state index contributed by atoms with van der Waals surface area (Å²) in [6, 6.07) is 10.8. The largest absolute Gasteiger partial charge is 0.250 e. The molecular weight excluding hydrogens is 236 g/mol. The van der Waals surface area contributed by atoms with Crippen molar-refractivity contribution in [2.24, 2.45) is 0 Å². The molecule has 96 valence electrons. The van der Waals surface area contributed by atoms with Gasteiger partial charge < -0.3 is 0 Å². The fourth-order valence-corrected chi connectivity index (χ4v) is 2.99. The van der Waals surface area contributed by atoms with Gasteiger partial charge in [0.2, 0.25) is 0 Å². The first-order valence-electron chi connectivity index (χ1n) is 6.65. The Bertz CT molecular complexity index is 638. The molecule has 1 aliphatic rings. The van der Waals surface area contributed by atoms with Gasteiger partial charge in [-0.25, -0.2) is 4.98 Å². The quantitative estimate of drug-likeness (QED) is 0.841. The summed E-state index contributed by atoms with van der Waals surface area (Å²) >= 11 is 0. The van der Waals surface area contributed by atoms with Crippen LogP contribution in [0.3, 0.4) is 0 Å². The van der Waals surface area contributed by atoms with Gasteiger partial charge in [-0.3, -0.25) is 4.68 Å². The zero-order valence-corrected chi connectivity index (χ0v) is 11.0. The van der Waals surface area contributed by atoms with Crippen LogP contribution in [-0.4, -0.2) is 14.8 Å². The zero-order chi connectivity index (χ0) is 13.3. The molecule has 0 spiro atoms. The second-order valence-corrected chi connectivity index (χ2v) is 5.02. The first-order chi connectivity index (χ1) is 9.29. The van der Waals surface area contributed by atoms with E-state index in [-0.39, 0.29) is 0 Å². The fourth-order valence-electron chi connectivity index (χ4n) is 2.99. The molecule has 0 fully saturated rings. The van der Waals surface area contributed by atoms with Crippen molar-refractivity contribution >= 4 is 0 Å². The van der Waals surface area contributed by atoms with Gasteiger partial charge in [-0.2, -0.15) is 10.4 Å². The van der Waals surface area contributed by atoms with Crippen molar-refractivity contribution in [3.05, 3.63) is 47.5 Å². The van der Waals surface area contributed by atoms with Gasteiger partial charge >= 0.3 is 0 Å². The van der Waals surface area contributed by atoms with Gasteiger partial charge in [0.15, 0.2) is 0 Å². The van der Waals surface area contributed by atoms with E-state index in [1.165, 1.54) is 11.1 Å². The Kier molecular flexibility index (Phi) is 2.83. The molecule has 1 atom stereocenters. The van der Waals surface area contributed by atoms with Crippen LogP contribution in [0.2, 0.25) is 0 Å². The fraction of sp³-hybridized carbons (Fsp3) is 0.400. The molecule has 0 N–H and O–H groups in total. The first kappa shape index (κ1) is 11.9. The first-order valence-corrected chi connectivity index (χ1v) is 6.65. The lowest BCUT2D eigenvalue weighted by Gasteiger charge is -2.21. The van der Waals surface area contributed by atoms with E-state index in [9.17, 15) is 5.26 Å². The third kappa shape index (κ3) is 1.82. The number of aryl methyl sites for hydroxylation is 2. The molecule has 19 heavy (non-hydrogen) atoms. The zero-order valence-electron chi connectivity index (χ0n) is 11.0. The number of aromatic nitrogens is 3. The van der Waals surface area contributed by atoms with Crippen LogP contribution in [0.4, 0.5) is 0 Å². The van der Waals surface area contributed by atoms with Crippen LogP contribution in [0, 0.1) is 11.3 Å². The second-order valence-electron chi connectivity index (χ2n) is 5.02. The van der Waals surface area contributed by atoms with Crippen LogP contribution in [0.25, 0.3) is 0 Å². The summed E-state index contributed by atoms with van der Waals surface area (Å²) in [6.45, 7) is 2.83. The van der Waals surface area contributed by atoms with E-state index in [1.807, 2.05) is 23.7 Å². The van der Waals surface area contributed by atoms with Crippen LogP contribution in [0.15, 0.2) is 30.6 Å². The Morgan fingerprint density at radius 2 is 2.26 bits per heavy atom. The van der Waals surface area contributed by atoms with Crippen molar-refractivity contribution in [3.8, 4) is 6.07 Å². The SMILES string of the molecule is CCn1ncnc1CC1(C#N)CCc2ccccc21. The molecule has 0 saturated carbocycles. The molecular formula is C15H16N4. The molecule has 4 nitrogen and oxygen atoms in total. The van der Waals surface area contributed by atoms with E-state index < -0.39 is 5.41 Å². The molecule has 0 amide bonds. The van der Waals surface area contributed by atoms with Crippen LogP contribution in [0.1, 0.15) is 30.3 Å². The van der Waals surface area contributed by atoms with Crippen molar-refractivity contribution in [2.45, 2.75) is 38.1 Å². The molecule has 0 radical (unpaired) electrons. The highest BCUT2D eigenvalue weighted by Crippen LogP contribution is 2.40. The number of nitriles is 1. The normalized spacial score (nSPS) is 21.1. The molecule has 3 rings (SSSR count). The van der Waals surface area contributed by atoms with Gasteiger partial charge in [-0.1, -0.05) is 24.3 Å². The second kappa shape index (κ2) is 4.51. The van der Waals surface area contributed by atoms with E-state index in [4.69, 9.17) is 0 Å². The highest BCUT2D eigenvalue weighted by atomic mass is 15.3. The predicted molar refractivity (Wildman–Crippen MR) is 71.5 cm³/mol. The Balaban J connectivity index is 2.01. The smallest absolute Gasteiger partial charge is 0.138 e. The van der Waals surface area contributed by atoms with E-state index in [2.05, 4.69) is 28.3 Å². The molecule has 2 aromatic rings. The molecule has 1 aromatic carbocycles. The maximum Gasteiger partial charge on any atom is 0.138 e. The Morgan fingerprint density at radius 3 is 3.05 bits per heavy atom. The highest BCUT2D eigenvalue weighted by molar-refractivity contribution is 5.44. The number of fused-ring (bicyclic) bond motifs is 1. The van der Waals surface area contributed by atoms with Gasteiger partial charge in [-0.15, -0.1) is 0 Å². The van der Waals surface area contributed by atoms with Crippen molar-refractivity contribution in [2.75, 3.05) is 0 Å². The minimum atomic E-state index is -0.434. The maximum atomic E-state index is 9.72. The number of hydrogen-bond donors (Lipinski definition) is 0. The van der Waals surface area contributed by atoms with Crippen molar-refractivity contribution in [1.82, 2.24) is 14.8 Å². The molecule has 4 heteroatoms. The van der Waals surface area contributed by atoms with Crippen LogP contribution in [0.5, 0.6) is 0 Å². The minimum absolute atomic E-state index is 0.434. The van der Waals surface area contributed by atoms with Crippen molar-refractivity contribution in [1.29, 1.82) is 5.26 Å². The van der Waals surface area contributed by atoms with Crippen molar-refractivity contribution in [3.63, 3.8) is 0 Å². The van der Waals surface area contributed by atoms with Crippen LogP contribution >= 0.6 is 0 Å². The monoisotopic (exact) mass is 252 g/mol. The Hall–Kier alpha value is -2.15. The van der Waals surface area contributed by atoms with Crippen molar-refractivity contribution < 1.29 is 0 Å². The van der Waals surface area contributed by atoms with Crippen LogP contribution < -0.4 is 0 Å². The van der Waals surface area contributed by atoms with Gasteiger partial charge in [0.05, 0.1) is 11.5 Å². The summed E-state index contributed by atoms with van der Waals surface area (Å²) < 4.78 is 1.88. The summed E-state index contributed by atoms with van der Waals surface area (Å²) in [7, 11) is 0. The van der Waals surface area contributed by atoms with Crippen LogP contribution in [-0.2, 0) is 24.8 Å².